The topological polar surface area (TPSA) is 89.0 Å². The van der Waals surface area contributed by atoms with E-state index >= 15 is 0 Å². The number of nitrogens with zero attached hydrogens (tertiary/aromatic N) is 2. The number of halogens is 2. The number of aromatic nitrogens is 2. The van der Waals surface area contributed by atoms with Crippen molar-refractivity contribution in [1.82, 2.24) is 9.97 Å². The molecule has 0 amide bonds. The monoisotopic (exact) mass is 495 g/mol. The maximum atomic E-state index is 14.9. The van der Waals surface area contributed by atoms with E-state index in [0.29, 0.717) is 22.7 Å². The Kier molecular flexibility index (Phi) is 5.79. The highest BCUT2D eigenvalue weighted by molar-refractivity contribution is 7.92. The summed E-state index contributed by atoms with van der Waals surface area (Å²) in [4.78, 5) is 20.5. The van der Waals surface area contributed by atoms with Crippen molar-refractivity contribution in [2.24, 2.45) is 5.92 Å². The van der Waals surface area contributed by atoms with E-state index in [1.807, 2.05) is 18.2 Å². The zero-order chi connectivity index (χ0) is 23.9. The molecule has 1 aliphatic carbocycles. The molecule has 2 aromatic heterocycles. The van der Waals surface area contributed by atoms with Crippen molar-refractivity contribution in [3.63, 3.8) is 0 Å². The summed E-state index contributed by atoms with van der Waals surface area (Å²) in [6.07, 6.45) is 6.94. The largest absolute Gasteiger partial charge is 0.299 e. The van der Waals surface area contributed by atoms with Crippen molar-refractivity contribution >= 4 is 43.9 Å². The van der Waals surface area contributed by atoms with Gasteiger partial charge in [-0.2, -0.15) is 0 Å². The first-order chi connectivity index (χ1) is 16.3. The zero-order valence-electron chi connectivity index (χ0n) is 17.8. The number of Topliss-reactive ketones (excluding diaryl/α,β-unsaturated/α-hetero) is 1. The molecule has 0 bridgehead atoms. The van der Waals surface area contributed by atoms with Gasteiger partial charge < -0.3 is 0 Å². The van der Waals surface area contributed by atoms with Gasteiger partial charge in [0.05, 0.1) is 15.6 Å². The van der Waals surface area contributed by atoms with E-state index in [2.05, 4.69) is 14.7 Å². The molecule has 2 aromatic carbocycles. The number of sulfonamides is 1. The van der Waals surface area contributed by atoms with Gasteiger partial charge in [0.15, 0.2) is 0 Å². The number of nitrogens with one attached hydrogen (secondary N) is 1. The highest BCUT2D eigenvalue weighted by Gasteiger charge is 2.44. The van der Waals surface area contributed by atoms with Crippen LogP contribution in [0.2, 0.25) is 5.02 Å². The van der Waals surface area contributed by atoms with Crippen LogP contribution in [0.15, 0.2) is 78.2 Å². The van der Waals surface area contributed by atoms with Gasteiger partial charge in [-0.3, -0.25) is 19.5 Å². The SMILES string of the molecule is O=C(Cc1ccc2cncc(Cl)c2c1)[C@@H]1CC1c1ccc(S(=O)(=O)Nc2ccncc2)cc1F. The van der Waals surface area contributed by atoms with Gasteiger partial charge in [0.2, 0.25) is 0 Å². The Balaban J connectivity index is 1.29. The molecule has 4 aromatic rings. The minimum atomic E-state index is -3.95. The van der Waals surface area contributed by atoms with Crippen LogP contribution in [0.5, 0.6) is 0 Å². The predicted molar refractivity (Wildman–Crippen MR) is 128 cm³/mol. The lowest BCUT2D eigenvalue weighted by Crippen LogP contribution is -2.13. The first-order valence-electron chi connectivity index (χ1n) is 10.6. The number of carbonyl (C=O) groups is 1. The molecule has 9 heteroatoms. The molecule has 1 saturated carbocycles. The molecule has 1 fully saturated rings. The minimum Gasteiger partial charge on any atom is -0.299 e. The van der Waals surface area contributed by atoms with Crippen molar-refractivity contribution in [2.45, 2.75) is 23.7 Å². The van der Waals surface area contributed by atoms with E-state index in [1.54, 1.807) is 12.4 Å². The highest BCUT2D eigenvalue weighted by atomic mass is 35.5. The van der Waals surface area contributed by atoms with Crippen molar-refractivity contribution in [3.05, 3.63) is 95.3 Å². The van der Waals surface area contributed by atoms with Crippen LogP contribution >= 0.6 is 11.6 Å². The van der Waals surface area contributed by atoms with Crippen LogP contribution < -0.4 is 4.72 Å². The standard InChI is InChI=1S/C25H19ClFN3O3S/c26-23-14-29-13-16-2-1-15(9-20(16)23)10-25(31)22-12-21(22)19-4-3-18(11-24(19)27)34(32,33)30-17-5-7-28-8-6-17/h1-9,11,13-14,21-22H,10,12H2,(H,28,30)/t21?,22-/m1/s1. The summed E-state index contributed by atoms with van der Waals surface area (Å²) in [6, 6.07) is 12.4. The van der Waals surface area contributed by atoms with Crippen LogP contribution in [-0.4, -0.2) is 24.2 Å². The smallest absolute Gasteiger partial charge is 0.261 e. The summed E-state index contributed by atoms with van der Waals surface area (Å²) in [7, 11) is -3.95. The highest BCUT2D eigenvalue weighted by Crippen LogP contribution is 2.49. The van der Waals surface area contributed by atoms with Gasteiger partial charge in [-0.05, 0) is 53.8 Å². The van der Waals surface area contributed by atoms with Crippen LogP contribution in [-0.2, 0) is 21.2 Å². The van der Waals surface area contributed by atoms with Gasteiger partial charge in [0.25, 0.3) is 10.0 Å². The molecule has 0 aliphatic heterocycles. The minimum absolute atomic E-state index is 0.0185. The third-order valence-electron chi connectivity index (χ3n) is 5.97. The summed E-state index contributed by atoms with van der Waals surface area (Å²) >= 11 is 6.21. The summed E-state index contributed by atoms with van der Waals surface area (Å²) in [5.74, 6) is -1.17. The quantitative estimate of drug-likeness (QED) is 0.383. The Labute approximate surface area is 200 Å². The fourth-order valence-electron chi connectivity index (χ4n) is 4.12. The van der Waals surface area contributed by atoms with E-state index < -0.39 is 15.8 Å². The van der Waals surface area contributed by atoms with Gasteiger partial charge in [-0.15, -0.1) is 0 Å². The lowest BCUT2D eigenvalue weighted by atomic mass is 10.0. The number of hydrogen-bond acceptors (Lipinski definition) is 5. The molecule has 5 rings (SSSR count). The van der Waals surface area contributed by atoms with E-state index in [0.717, 1.165) is 22.4 Å². The predicted octanol–water partition coefficient (Wildman–Crippen LogP) is 5.14. The Bertz CT molecular complexity index is 1510. The number of ketones is 1. The third kappa shape index (κ3) is 4.51. The number of benzene rings is 2. The van der Waals surface area contributed by atoms with Crippen LogP contribution in [0, 0.1) is 11.7 Å². The molecular formula is C25H19ClFN3O3S. The van der Waals surface area contributed by atoms with Crippen molar-refractivity contribution in [1.29, 1.82) is 0 Å². The third-order valence-corrected chi connectivity index (χ3v) is 7.65. The van der Waals surface area contributed by atoms with E-state index in [-0.39, 0.29) is 28.9 Å². The van der Waals surface area contributed by atoms with E-state index in [9.17, 15) is 17.6 Å². The number of pyridine rings is 2. The molecule has 0 saturated heterocycles. The van der Waals surface area contributed by atoms with Crippen molar-refractivity contribution in [3.8, 4) is 0 Å². The summed E-state index contributed by atoms with van der Waals surface area (Å²) in [5.41, 5.74) is 1.52. The second kappa shape index (κ2) is 8.77. The molecule has 6 nitrogen and oxygen atoms in total. The second-order valence-electron chi connectivity index (χ2n) is 8.29. The van der Waals surface area contributed by atoms with Crippen LogP contribution in [0.1, 0.15) is 23.5 Å². The number of rotatable bonds is 7. The normalized spacial score (nSPS) is 17.5. The first-order valence-corrected chi connectivity index (χ1v) is 12.4. The number of carbonyl (C=O) groups excluding carboxylic acids is 1. The van der Waals surface area contributed by atoms with Crippen molar-refractivity contribution in [2.75, 3.05) is 4.72 Å². The average molecular weight is 496 g/mol. The summed E-state index contributed by atoms with van der Waals surface area (Å²) < 4.78 is 42.4. The molecule has 0 radical (unpaired) electrons. The zero-order valence-corrected chi connectivity index (χ0v) is 19.4. The number of hydrogen-bond donors (Lipinski definition) is 1. The maximum absolute atomic E-state index is 14.9. The molecular weight excluding hydrogens is 477 g/mol. The van der Waals surface area contributed by atoms with E-state index in [1.165, 1.54) is 36.7 Å². The Hall–Kier alpha value is -3.36. The molecule has 2 heterocycles. The van der Waals surface area contributed by atoms with E-state index in [4.69, 9.17) is 11.6 Å². The summed E-state index contributed by atoms with van der Waals surface area (Å²) in [6.45, 7) is 0. The fourth-order valence-corrected chi connectivity index (χ4v) is 5.41. The van der Waals surface area contributed by atoms with Gasteiger partial charge in [0, 0.05) is 47.9 Å². The molecule has 34 heavy (non-hydrogen) atoms. The first kappa shape index (κ1) is 22.4. The molecule has 2 atom stereocenters. The van der Waals surface area contributed by atoms with Gasteiger partial charge in [-0.1, -0.05) is 29.8 Å². The Morgan fingerprint density at radius 2 is 1.85 bits per heavy atom. The maximum Gasteiger partial charge on any atom is 0.261 e. The summed E-state index contributed by atoms with van der Waals surface area (Å²) in [5, 5.41) is 2.24. The van der Waals surface area contributed by atoms with Crippen LogP contribution in [0.3, 0.4) is 0 Å². The molecule has 1 unspecified atom stereocenters. The Morgan fingerprint density at radius 3 is 2.62 bits per heavy atom. The molecule has 1 aliphatic rings. The van der Waals surface area contributed by atoms with Crippen molar-refractivity contribution < 1.29 is 17.6 Å². The lowest BCUT2D eigenvalue weighted by Gasteiger charge is -2.10. The average Bonchev–Trinajstić information content (AvgIpc) is 3.61. The number of anilines is 1. The van der Waals surface area contributed by atoms with Gasteiger partial charge in [-0.25, -0.2) is 12.8 Å². The second-order valence-corrected chi connectivity index (χ2v) is 10.4. The molecule has 0 spiro atoms. The number of fused-ring (bicyclic) bond motifs is 1. The lowest BCUT2D eigenvalue weighted by molar-refractivity contribution is -0.119. The van der Waals surface area contributed by atoms with Gasteiger partial charge >= 0.3 is 0 Å². The fraction of sp³-hybridized carbons (Fsp3) is 0.160. The molecule has 172 valence electrons. The molecule has 1 N–H and O–H groups in total. The Morgan fingerprint density at radius 1 is 1.06 bits per heavy atom. The van der Waals surface area contributed by atoms with Crippen LogP contribution in [0.4, 0.5) is 10.1 Å². The van der Waals surface area contributed by atoms with Crippen LogP contribution in [0.25, 0.3) is 10.8 Å². The van der Waals surface area contributed by atoms with Gasteiger partial charge in [0.1, 0.15) is 11.6 Å².